The summed E-state index contributed by atoms with van der Waals surface area (Å²) < 4.78 is 5.40. The third kappa shape index (κ3) is 2.19. The zero-order valence-corrected chi connectivity index (χ0v) is 13.1. The Labute approximate surface area is 138 Å². The summed E-state index contributed by atoms with van der Waals surface area (Å²) in [6.45, 7) is 1.56. The average molecular weight is 326 g/mol. The van der Waals surface area contributed by atoms with E-state index < -0.39 is 0 Å². The molecule has 0 radical (unpaired) electrons. The molecule has 7 heteroatoms. The number of rotatable bonds is 3. The lowest BCUT2D eigenvalue weighted by Crippen LogP contribution is -2.43. The Morgan fingerprint density at radius 1 is 1.33 bits per heavy atom. The van der Waals surface area contributed by atoms with Crippen molar-refractivity contribution in [2.24, 2.45) is 0 Å². The van der Waals surface area contributed by atoms with Gasteiger partial charge >= 0.3 is 0 Å². The number of carbonyl (C=O) groups is 2. The van der Waals surface area contributed by atoms with Crippen LogP contribution in [0.25, 0.3) is 11.0 Å². The van der Waals surface area contributed by atoms with Crippen LogP contribution in [0, 0.1) is 0 Å². The van der Waals surface area contributed by atoms with Crippen LogP contribution >= 0.6 is 0 Å². The van der Waals surface area contributed by atoms with Crippen molar-refractivity contribution in [3.63, 3.8) is 0 Å². The minimum atomic E-state index is -0.192. The number of amides is 2. The van der Waals surface area contributed by atoms with Gasteiger partial charge in [0.25, 0.3) is 11.8 Å². The number of pyridine rings is 1. The lowest BCUT2D eigenvalue weighted by molar-refractivity contribution is 0.0884. The van der Waals surface area contributed by atoms with Gasteiger partial charge in [0.05, 0.1) is 11.8 Å². The molecule has 2 bridgehead atoms. The van der Waals surface area contributed by atoms with Gasteiger partial charge in [-0.05, 0) is 25.3 Å². The van der Waals surface area contributed by atoms with Gasteiger partial charge in [-0.2, -0.15) is 0 Å². The van der Waals surface area contributed by atoms with E-state index in [1.165, 1.54) is 18.9 Å². The summed E-state index contributed by atoms with van der Waals surface area (Å²) in [5.41, 5.74) is 1.35. The molecule has 3 saturated heterocycles. The number of hydrogen-bond donors (Lipinski definition) is 2. The molecule has 0 aromatic carbocycles. The van der Waals surface area contributed by atoms with E-state index in [0.29, 0.717) is 34.3 Å². The third-order valence-corrected chi connectivity index (χ3v) is 5.28. The van der Waals surface area contributed by atoms with Crippen LogP contribution < -0.4 is 10.6 Å². The summed E-state index contributed by atoms with van der Waals surface area (Å²) in [6, 6.07) is 2.72. The molecule has 2 N–H and O–H groups in total. The van der Waals surface area contributed by atoms with Crippen LogP contribution in [0.3, 0.4) is 0 Å². The van der Waals surface area contributed by atoms with Crippen LogP contribution in [-0.4, -0.2) is 52.9 Å². The van der Waals surface area contributed by atoms with Crippen molar-refractivity contribution in [1.82, 2.24) is 20.5 Å². The molecule has 24 heavy (non-hydrogen) atoms. The Balaban J connectivity index is 1.40. The molecule has 2 aromatic heterocycles. The Bertz CT molecular complexity index is 841. The van der Waals surface area contributed by atoms with Crippen LogP contribution in [0.4, 0.5) is 0 Å². The van der Waals surface area contributed by atoms with Crippen molar-refractivity contribution in [2.75, 3.05) is 13.1 Å². The molecule has 7 nitrogen and oxygen atoms in total. The monoisotopic (exact) mass is 326 g/mol. The molecule has 3 atom stereocenters. The van der Waals surface area contributed by atoms with Gasteiger partial charge in [0.1, 0.15) is 12.0 Å². The van der Waals surface area contributed by atoms with E-state index in [1.54, 1.807) is 11.0 Å². The molecule has 5 rings (SSSR count). The lowest BCUT2D eigenvalue weighted by atomic mass is 9.95. The van der Waals surface area contributed by atoms with Gasteiger partial charge in [-0.3, -0.25) is 9.59 Å². The molecule has 0 unspecified atom stereocenters. The highest BCUT2D eigenvalue weighted by Crippen LogP contribution is 2.29. The molecular weight excluding hydrogens is 308 g/mol. The molecule has 0 aliphatic carbocycles. The smallest absolute Gasteiger partial charge is 0.270 e. The summed E-state index contributed by atoms with van der Waals surface area (Å²) in [6.07, 6.45) is 6.25. The van der Waals surface area contributed by atoms with E-state index in [0.717, 1.165) is 25.9 Å². The second-order valence-electron chi connectivity index (χ2n) is 6.87. The second kappa shape index (κ2) is 5.04. The van der Waals surface area contributed by atoms with Gasteiger partial charge in [0.15, 0.2) is 5.58 Å². The standard InChI is InChI=1S/C17H18N4O3/c22-16(20-13-5-9-1-2-12(13)19-9)14-6-10-11(17(23)21-3-4-21)8-24-15(10)7-18-14/h6-9,12-13,19H,1-5H2,(H,20,22)/t9-,12+,13-/m1/s1. The topological polar surface area (TPSA) is 87.2 Å². The maximum atomic E-state index is 12.5. The summed E-state index contributed by atoms with van der Waals surface area (Å²) in [4.78, 5) is 30.7. The normalized spacial score (nSPS) is 27.7. The first kappa shape index (κ1) is 14.0. The van der Waals surface area contributed by atoms with Crippen molar-refractivity contribution >= 4 is 22.8 Å². The number of hydrogen-bond acceptors (Lipinski definition) is 5. The fourth-order valence-corrected chi connectivity index (χ4v) is 3.87. The van der Waals surface area contributed by atoms with Gasteiger partial charge in [-0.1, -0.05) is 0 Å². The fourth-order valence-electron chi connectivity index (χ4n) is 3.87. The largest absolute Gasteiger partial charge is 0.462 e. The first-order valence-electron chi connectivity index (χ1n) is 8.42. The van der Waals surface area contributed by atoms with E-state index in [9.17, 15) is 9.59 Å². The van der Waals surface area contributed by atoms with Gasteiger partial charge in [-0.15, -0.1) is 0 Å². The maximum Gasteiger partial charge on any atom is 0.270 e. The van der Waals surface area contributed by atoms with Crippen molar-refractivity contribution in [2.45, 2.75) is 37.4 Å². The molecule has 5 heterocycles. The summed E-state index contributed by atoms with van der Waals surface area (Å²) in [7, 11) is 0. The van der Waals surface area contributed by atoms with Crippen molar-refractivity contribution in [3.8, 4) is 0 Å². The molecule has 124 valence electrons. The SMILES string of the molecule is O=C(N[C@@H]1C[C@H]2CC[C@@H]1N2)c1cc2c(C(=O)N3CC3)coc2cn1. The van der Waals surface area contributed by atoms with Crippen LogP contribution in [-0.2, 0) is 0 Å². The Morgan fingerprint density at radius 3 is 2.92 bits per heavy atom. The molecule has 0 spiro atoms. The first-order valence-corrected chi connectivity index (χ1v) is 8.42. The van der Waals surface area contributed by atoms with Gasteiger partial charge < -0.3 is 20.0 Å². The maximum absolute atomic E-state index is 12.5. The van der Waals surface area contributed by atoms with E-state index in [-0.39, 0.29) is 17.9 Å². The quantitative estimate of drug-likeness (QED) is 0.819. The lowest BCUT2D eigenvalue weighted by Gasteiger charge is -2.21. The minimum absolute atomic E-state index is 0.0522. The van der Waals surface area contributed by atoms with E-state index in [1.807, 2.05) is 0 Å². The summed E-state index contributed by atoms with van der Waals surface area (Å²) in [5.74, 6) is -0.244. The molecule has 2 amide bonds. The third-order valence-electron chi connectivity index (χ3n) is 5.28. The first-order chi connectivity index (χ1) is 11.7. The van der Waals surface area contributed by atoms with Gasteiger partial charge in [0, 0.05) is 36.6 Å². The van der Waals surface area contributed by atoms with Crippen LogP contribution in [0.2, 0.25) is 0 Å². The molecular formula is C17H18N4O3. The highest BCUT2D eigenvalue weighted by molar-refractivity contribution is 6.08. The highest BCUT2D eigenvalue weighted by Gasteiger charge is 2.39. The van der Waals surface area contributed by atoms with Crippen LogP contribution in [0.1, 0.15) is 40.1 Å². The van der Waals surface area contributed by atoms with E-state index in [4.69, 9.17) is 4.42 Å². The van der Waals surface area contributed by atoms with Crippen molar-refractivity contribution in [3.05, 3.63) is 29.8 Å². The molecule has 0 saturated carbocycles. The van der Waals surface area contributed by atoms with E-state index in [2.05, 4.69) is 15.6 Å². The number of furan rings is 1. The van der Waals surface area contributed by atoms with E-state index >= 15 is 0 Å². The predicted octanol–water partition coefficient (Wildman–Crippen LogP) is 0.906. The molecule has 2 aromatic rings. The Hall–Kier alpha value is -2.41. The Kier molecular flexibility index (Phi) is 2.94. The summed E-state index contributed by atoms with van der Waals surface area (Å²) >= 11 is 0. The van der Waals surface area contributed by atoms with Crippen molar-refractivity contribution in [1.29, 1.82) is 0 Å². The molecule has 3 aliphatic rings. The zero-order chi connectivity index (χ0) is 16.3. The average Bonchev–Trinajstić information content (AvgIpc) is 3.03. The van der Waals surface area contributed by atoms with Crippen LogP contribution in [0.5, 0.6) is 0 Å². The summed E-state index contributed by atoms with van der Waals surface area (Å²) in [5, 5.41) is 7.23. The predicted molar refractivity (Wildman–Crippen MR) is 85.7 cm³/mol. The minimum Gasteiger partial charge on any atom is -0.462 e. The number of carbonyl (C=O) groups excluding carboxylic acids is 2. The zero-order valence-electron chi connectivity index (χ0n) is 13.1. The molecule has 3 fully saturated rings. The molecule has 3 aliphatic heterocycles. The highest BCUT2D eigenvalue weighted by atomic mass is 16.3. The number of nitrogens with zero attached hydrogens (tertiary/aromatic N) is 2. The number of aromatic nitrogens is 1. The van der Waals surface area contributed by atoms with Gasteiger partial charge in [-0.25, -0.2) is 4.98 Å². The van der Waals surface area contributed by atoms with Crippen molar-refractivity contribution < 1.29 is 14.0 Å². The Morgan fingerprint density at radius 2 is 2.21 bits per heavy atom. The van der Waals surface area contributed by atoms with Gasteiger partial charge in [0.2, 0.25) is 0 Å². The van der Waals surface area contributed by atoms with Crippen LogP contribution in [0.15, 0.2) is 22.9 Å². The second-order valence-corrected chi connectivity index (χ2v) is 6.87. The fraction of sp³-hybridized carbons (Fsp3) is 0.471. The number of nitrogens with one attached hydrogen (secondary N) is 2. The number of fused-ring (bicyclic) bond motifs is 3.